The van der Waals surface area contributed by atoms with Crippen LogP contribution in [0.5, 0.6) is 5.88 Å². The van der Waals surface area contributed by atoms with Gasteiger partial charge in [-0.2, -0.15) is 0 Å². The van der Waals surface area contributed by atoms with Crippen LogP contribution in [-0.4, -0.2) is 28.3 Å². The van der Waals surface area contributed by atoms with Crippen molar-refractivity contribution in [2.45, 2.75) is 31.3 Å². The summed E-state index contributed by atoms with van der Waals surface area (Å²) in [5.74, 6) is 0.889. The Morgan fingerprint density at radius 3 is 2.79 bits per heavy atom. The Kier molecular flexibility index (Phi) is 2.63. The molecule has 2 atom stereocenters. The van der Waals surface area contributed by atoms with Crippen LogP contribution in [0, 0.1) is 0 Å². The van der Waals surface area contributed by atoms with Crippen LogP contribution in [0.15, 0.2) is 12.4 Å². The summed E-state index contributed by atoms with van der Waals surface area (Å²) in [5.41, 5.74) is 0.881. The molecule has 0 saturated heterocycles. The number of nitrogens with zero attached hydrogens (tertiary/aromatic N) is 2. The van der Waals surface area contributed by atoms with Gasteiger partial charge < -0.3 is 9.84 Å². The van der Waals surface area contributed by atoms with Gasteiger partial charge in [-0.25, -0.2) is 4.98 Å². The number of rotatable bonds is 2. The highest BCUT2D eigenvalue weighted by atomic mass is 16.5. The van der Waals surface area contributed by atoms with Gasteiger partial charge in [-0.15, -0.1) is 0 Å². The maximum Gasteiger partial charge on any atom is 0.235 e. The third kappa shape index (κ3) is 1.70. The van der Waals surface area contributed by atoms with Gasteiger partial charge in [0.05, 0.1) is 13.2 Å². The van der Waals surface area contributed by atoms with E-state index in [0.29, 0.717) is 11.8 Å². The first kappa shape index (κ1) is 9.40. The molecular weight excluding hydrogens is 180 g/mol. The first-order valence-corrected chi connectivity index (χ1v) is 4.84. The number of methoxy groups -OCH3 is 1. The van der Waals surface area contributed by atoms with Gasteiger partial charge in [-0.1, -0.05) is 0 Å². The topological polar surface area (TPSA) is 55.2 Å². The molecule has 1 heterocycles. The van der Waals surface area contributed by atoms with E-state index in [0.717, 1.165) is 25.0 Å². The number of aliphatic hydroxyl groups is 1. The number of aromatic nitrogens is 2. The van der Waals surface area contributed by atoms with E-state index in [-0.39, 0.29) is 6.10 Å². The summed E-state index contributed by atoms with van der Waals surface area (Å²) < 4.78 is 5.14. The third-order valence-electron chi connectivity index (χ3n) is 2.68. The molecule has 0 aliphatic heterocycles. The van der Waals surface area contributed by atoms with Crippen molar-refractivity contribution < 1.29 is 9.84 Å². The zero-order valence-electron chi connectivity index (χ0n) is 8.18. The SMILES string of the molecule is COc1nccnc1C1CCC(O)C1. The van der Waals surface area contributed by atoms with Crippen LogP contribution in [0.3, 0.4) is 0 Å². The summed E-state index contributed by atoms with van der Waals surface area (Å²) >= 11 is 0. The summed E-state index contributed by atoms with van der Waals surface area (Å²) in [7, 11) is 1.60. The molecule has 1 aliphatic rings. The molecule has 1 aliphatic carbocycles. The molecule has 76 valence electrons. The van der Waals surface area contributed by atoms with E-state index in [9.17, 15) is 5.11 Å². The van der Waals surface area contributed by atoms with Crippen LogP contribution in [0.2, 0.25) is 0 Å². The minimum Gasteiger partial charge on any atom is -0.480 e. The minimum atomic E-state index is -0.188. The third-order valence-corrected chi connectivity index (χ3v) is 2.68. The summed E-state index contributed by atoms with van der Waals surface area (Å²) in [5, 5.41) is 9.44. The standard InChI is InChI=1S/C10H14N2O2/c1-14-10-9(11-4-5-12-10)7-2-3-8(13)6-7/h4-5,7-8,13H,2-3,6H2,1H3. The number of aliphatic hydroxyl groups excluding tert-OH is 1. The lowest BCUT2D eigenvalue weighted by Gasteiger charge is -2.11. The second-order valence-electron chi connectivity index (χ2n) is 3.61. The minimum absolute atomic E-state index is 0.188. The van der Waals surface area contributed by atoms with Crippen molar-refractivity contribution >= 4 is 0 Å². The van der Waals surface area contributed by atoms with E-state index >= 15 is 0 Å². The Balaban J connectivity index is 2.22. The highest BCUT2D eigenvalue weighted by molar-refractivity contribution is 5.22. The summed E-state index contributed by atoms with van der Waals surface area (Å²) in [6.45, 7) is 0. The molecule has 0 bridgehead atoms. The van der Waals surface area contributed by atoms with Gasteiger partial charge in [0.1, 0.15) is 5.69 Å². The van der Waals surface area contributed by atoms with Crippen molar-refractivity contribution in [1.29, 1.82) is 0 Å². The van der Waals surface area contributed by atoms with E-state index in [1.165, 1.54) is 0 Å². The smallest absolute Gasteiger partial charge is 0.235 e. The molecule has 1 aromatic rings. The largest absolute Gasteiger partial charge is 0.480 e. The van der Waals surface area contributed by atoms with E-state index in [2.05, 4.69) is 9.97 Å². The van der Waals surface area contributed by atoms with Crippen molar-refractivity contribution in [3.63, 3.8) is 0 Å². The van der Waals surface area contributed by atoms with Gasteiger partial charge in [-0.05, 0) is 19.3 Å². The molecule has 2 unspecified atom stereocenters. The number of hydrogen-bond donors (Lipinski definition) is 1. The highest BCUT2D eigenvalue weighted by Crippen LogP contribution is 2.36. The molecular formula is C10H14N2O2. The van der Waals surface area contributed by atoms with Crippen molar-refractivity contribution in [2.24, 2.45) is 0 Å². The predicted molar refractivity (Wildman–Crippen MR) is 51.2 cm³/mol. The molecule has 2 rings (SSSR count). The van der Waals surface area contributed by atoms with Crippen LogP contribution >= 0.6 is 0 Å². The second-order valence-corrected chi connectivity index (χ2v) is 3.61. The molecule has 0 aromatic carbocycles. The monoisotopic (exact) mass is 194 g/mol. The molecule has 1 aromatic heterocycles. The van der Waals surface area contributed by atoms with Crippen molar-refractivity contribution in [2.75, 3.05) is 7.11 Å². The van der Waals surface area contributed by atoms with Crippen molar-refractivity contribution in [3.8, 4) is 5.88 Å². The van der Waals surface area contributed by atoms with Crippen LogP contribution < -0.4 is 4.74 Å². The lowest BCUT2D eigenvalue weighted by atomic mass is 10.0. The van der Waals surface area contributed by atoms with Crippen molar-refractivity contribution in [1.82, 2.24) is 9.97 Å². The molecule has 1 fully saturated rings. The quantitative estimate of drug-likeness (QED) is 0.766. The van der Waals surface area contributed by atoms with Crippen LogP contribution in [-0.2, 0) is 0 Å². The number of ether oxygens (including phenoxy) is 1. The fourth-order valence-electron chi connectivity index (χ4n) is 1.98. The van der Waals surface area contributed by atoms with Crippen LogP contribution in [0.4, 0.5) is 0 Å². The summed E-state index contributed by atoms with van der Waals surface area (Å²) in [6.07, 6.45) is 5.69. The molecule has 0 amide bonds. The van der Waals surface area contributed by atoms with E-state index in [4.69, 9.17) is 4.74 Å². The molecule has 1 saturated carbocycles. The normalized spacial score (nSPS) is 26.4. The van der Waals surface area contributed by atoms with Gasteiger partial charge in [0, 0.05) is 18.3 Å². The molecule has 4 heteroatoms. The van der Waals surface area contributed by atoms with E-state index in [1.54, 1.807) is 19.5 Å². The first-order valence-electron chi connectivity index (χ1n) is 4.84. The maximum atomic E-state index is 9.44. The van der Waals surface area contributed by atoms with Gasteiger partial charge >= 0.3 is 0 Å². The van der Waals surface area contributed by atoms with Gasteiger partial charge in [0.15, 0.2) is 0 Å². The maximum absolute atomic E-state index is 9.44. The summed E-state index contributed by atoms with van der Waals surface area (Å²) in [4.78, 5) is 8.37. The second kappa shape index (κ2) is 3.92. The van der Waals surface area contributed by atoms with E-state index < -0.39 is 0 Å². The Labute approximate surface area is 83.0 Å². The molecule has 0 spiro atoms. The predicted octanol–water partition coefficient (Wildman–Crippen LogP) is 1.11. The lowest BCUT2D eigenvalue weighted by molar-refractivity contribution is 0.181. The fourth-order valence-corrected chi connectivity index (χ4v) is 1.98. The average molecular weight is 194 g/mol. The average Bonchev–Trinajstić information content (AvgIpc) is 2.65. The molecule has 0 radical (unpaired) electrons. The van der Waals surface area contributed by atoms with Gasteiger partial charge in [-0.3, -0.25) is 4.98 Å². The van der Waals surface area contributed by atoms with Gasteiger partial charge in [0.2, 0.25) is 5.88 Å². The highest BCUT2D eigenvalue weighted by Gasteiger charge is 2.27. The van der Waals surface area contributed by atoms with Crippen LogP contribution in [0.1, 0.15) is 30.9 Å². The Morgan fingerprint density at radius 1 is 1.36 bits per heavy atom. The zero-order valence-corrected chi connectivity index (χ0v) is 8.18. The Bertz CT molecular complexity index is 317. The van der Waals surface area contributed by atoms with Crippen LogP contribution in [0.25, 0.3) is 0 Å². The van der Waals surface area contributed by atoms with E-state index in [1.807, 2.05) is 0 Å². The molecule has 1 N–H and O–H groups in total. The zero-order chi connectivity index (χ0) is 9.97. The molecule has 4 nitrogen and oxygen atoms in total. The van der Waals surface area contributed by atoms with Gasteiger partial charge in [0.25, 0.3) is 0 Å². The number of hydrogen-bond acceptors (Lipinski definition) is 4. The molecule has 14 heavy (non-hydrogen) atoms. The Hall–Kier alpha value is -1.16. The lowest BCUT2D eigenvalue weighted by Crippen LogP contribution is -2.04. The summed E-state index contributed by atoms with van der Waals surface area (Å²) in [6, 6.07) is 0. The first-order chi connectivity index (χ1) is 6.81. The Morgan fingerprint density at radius 2 is 2.14 bits per heavy atom. The van der Waals surface area contributed by atoms with Crippen molar-refractivity contribution in [3.05, 3.63) is 18.1 Å². The fraction of sp³-hybridized carbons (Fsp3) is 0.600.